The van der Waals surface area contributed by atoms with Crippen LogP contribution in [0.25, 0.3) is 0 Å². The largest absolute Gasteiger partial charge is 0.392 e. The first-order valence-corrected chi connectivity index (χ1v) is 6.02. The first-order chi connectivity index (χ1) is 7.02. The Labute approximate surface area is 94.9 Å². The molecule has 1 N–H and O–H groups in total. The van der Waals surface area contributed by atoms with Crippen molar-refractivity contribution in [2.75, 3.05) is 0 Å². The van der Waals surface area contributed by atoms with Crippen molar-refractivity contribution >= 4 is 0 Å². The molecule has 0 radical (unpaired) electrons. The summed E-state index contributed by atoms with van der Waals surface area (Å²) in [7, 11) is 0. The molecular formula is C14H26O. The molecule has 0 spiro atoms. The molecule has 15 heavy (non-hydrogen) atoms. The molecule has 0 amide bonds. The van der Waals surface area contributed by atoms with Crippen molar-refractivity contribution in [1.82, 2.24) is 0 Å². The third-order valence-corrected chi connectivity index (χ3v) is 2.82. The van der Waals surface area contributed by atoms with Gasteiger partial charge in [0.2, 0.25) is 0 Å². The van der Waals surface area contributed by atoms with Gasteiger partial charge in [-0.15, -0.1) is 0 Å². The smallest absolute Gasteiger partial charge is 0.0625 e. The summed E-state index contributed by atoms with van der Waals surface area (Å²) in [4.78, 5) is 0. The van der Waals surface area contributed by atoms with Crippen LogP contribution < -0.4 is 0 Å². The van der Waals surface area contributed by atoms with Gasteiger partial charge in [-0.2, -0.15) is 0 Å². The summed E-state index contributed by atoms with van der Waals surface area (Å²) in [6, 6.07) is 0. The van der Waals surface area contributed by atoms with Crippen molar-refractivity contribution in [2.45, 2.75) is 53.6 Å². The Balaban J connectivity index is 4.30. The summed E-state index contributed by atoms with van der Waals surface area (Å²) in [5, 5.41) is 10.1. The van der Waals surface area contributed by atoms with Gasteiger partial charge in [0, 0.05) is 5.92 Å². The van der Waals surface area contributed by atoms with E-state index in [1.54, 1.807) is 0 Å². The van der Waals surface area contributed by atoms with Crippen molar-refractivity contribution in [3.8, 4) is 0 Å². The van der Waals surface area contributed by atoms with E-state index in [1.165, 1.54) is 5.57 Å². The van der Waals surface area contributed by atoms with Gasteiger partial charge in [0.1, 0.15) is 0 Å². The average molecular weight is 210 g/mol. The van der Waals surface area contributed by atoms with Gasteiger partial charge in [0.25, 0.3) is 0 Å². The maximum atomic E-state index is 10.1. The van der Waals surface area contributed by atoms with E-state index in [0.29, 0.717) is 5.92 Å². The van der Waals surface area contributed by atoms with E-state index in [4.69, 9.17) is 0 Å². The van der Waals surface area contributed by atoms with Crippen LogP contribution in [-0.2, 0) is 0 Å². The second kappa shape index (κ2) is 7.70. The maximum Gasteiger partial charge on any atom is 0.0625 e. The summed E-state index contributed by atoms with van der Waals surface area (Å²) in [5.74, 6) is 0.627. The molecule has 0 aromatic rings. The average Bonchev–Trinajstić information content (AvgIpc) is 2.17. The third-order valence-electron chi connectivity index (χ3n) is 2.82. The fraction of sp³-hybridized carbons (Fsp3) is 0.714. The fourth-order valence-corrected chi connectivity index (χ4v) is 1.98. The minimum Gasteiger partial charge on any atom is -0.392 e. The molecule has 3 unspecified atom stereocenters. The predicted molar refractivity (Wildman–Crippen MR) is 67.8 cm³/mol. The van der Waals surface area contributed by atoms with Crippen LogP contribution in [0.2, 0.25) is 0 Å². The van der Waals surface area contributed by atoms with E-state index in [1.807, 2.05) is 13.0 Å². The topological polar surface area (TPSA) is 20.2 Å². The van der Waals surface area contributed by atoms with Crippen LogP contribution in [0.1, 0.15) is 47.5 Å². The first-order valence-electron chi connectivity index (χ1n) is 6.02. The Hall–Kier alpha value is -0.560. The molecule has 3 atom stereocenters. The van der Waals surface area contributed by atoms with Crippen molar-refractivity contribution in [2.24, 2.45) is 11.8 Å². The monoisotopic (exact) mass is 210 g/mol. The summed E-state index contributed by atoms with van der Waals surface area (Å²) in [6.45, 7) is 10.5. The van der Waals surface area contributed by atoms with E-state index >= 15 is 0 Å². The second-order valence-electron chi connectivity index (χ2n) is 4.53. The van der Waals surface area contributed by atoms with Crippen LogP contribution in [0.5, 0.6) is 0 Å². The van der Waals surface area contributed by atoms with Crippen molar-refractivity contribution in [1.29, 1.82) is 0 Å². The van der Waals surface area contributed by atoms with Crippen LogP contribution in [0.4, 0.5) is 0 Å². The zero-order chi connectivity index (χ0) is 11.8. The lowest BCUT2D eigenvalue weighted by molar-refractivity contribution is 0.0784. The lowest BCUT2D eigenvalue weighted by atomic mass is 9.89. The minimum atomic E-state index is -0.217. The molecule has 88 valence electrons. The van der Waals surface area contributed by atoms with Crippen LogP contribution in [-0.4, -0.2) is 11.2 Å². The number of hydrogen-bond donors (Lipinski definition) is 1. The molecule has 0 rings (SSSR count). The molecule has 0 saturated carbocycles. The predicted octanol–water partition coefficient (Wildman–Crippen LogP) is 3.94. The highest BCUT2D eigenvalue weighted by Crippen LogP contribution is 2.19. The van der Waals surface area contributed by atoms with E-state index in [-0.39, 0.29) is 12.0 Å². The second-order valence-corrected chi connectivity index (χ2v) is 4.53. The lowest BCUT2D eigenvalue weighted by Crippen LogP contribution is -2.24. The summed E-state index contributed by atoms with van der Waals surface area (Å²) in [5.41, 5.74) is 1.23. The Bertz CT molecular complexity index is 215. The van der Waals surface area contributed by atoms with Gasteiger partial charge in [-0.3, -0.25) is 0 Å². The van der Waals surface area contributed by atoms with Crippen LogP contribution >= 0.6 is 0 Å². The molecule has 1 heteroatoms. The molecular weight excluding hydrogens is 184 g/mol. The van der Waals surface area contributed by atoms with Crippen molar-refractivity contribution in [3.63, 3.8) is 0 Å². The number of aliphatic hydroxyl groups excluding tert-OH is 1. The molecule has 0 fully saturated rings. The Morgan fingerprint density at radius 3 is 2.40 bits per heavy atom. The minimum absolute atomic E-state index is 0.217. The molecule has 0 heterocycles. The van der Waals surface area contributed by atoms with Crippen molar-refractivity contribution < 1.29 is 5.11 Å². The van der Waals surface area contributed by atoms with Gasteiger partial charge in [-0.1, -0.05) is 51.0 Å². The maximum absolute atomic E-state index is 10.1. The summed E-state index contributed by atoms with van der Waals surface area (Å²) < 4.78 is 0. The number of allylic oxidation sites excluding steroid dienone is 3. The highest BCUT2D eigenvalue weighted by Gasteiger charge is 2.18. The Kier molecular flexibility index (Phi) is 7.41. The van der Waals surface area contributed by atoms with E-state index in [9.17, 15) is 5.11 Å². The first kappa shape index (κ1) is 14.4. The van der Waals surface area contributed by atoms with Gasteiger partial charge < -0.3 is 5.11 Å². The van der Waals surface area contributed by atoms with Gasteiger partial charge in [0.15, 0.2) is 0 Å². The normalized spacial score (nSPS) is 19.2. The summed E-state index contributed by atoms with van der Waals surface area (Å²) in [6.07, 6.45) is 8.28. The van der Waals surface area contributed by atoms with Crippen LogP contribution in [0, 0.1) is 11.8 Å². The molecule has 0 bridgehead atoms. The number of rotatable bonds is 6. The molecule has 0 aromatic heterocycles. The van der Waals surface area contributed by atoms with Gasteiger partial charge >= 0.3 is 0 Å². The highest BCUT2D eigenvalue weighted by atomic mass is 16.3. The van der Waals surface area contributed by atoms with Crippen LogP contribution in [0.15, 0.2) is 23.8 Å². The van der Waals surface area contributed by atoms with E-state index in [2.05, 4.69) is 39.8 Å². The standard InChI is InChI=1S/C14H26O/c1-6-8-11(3)10-13(5)14(15)12(4)9-7-2/h6,8,10,12-15H,7,9H2,1-5H3. The Morgan fingerprint density at radius 1 is 1.33 bits per heavy atom. The lowest BCUT2D eigenvalue weighted by Gasteiger charge is -2.22. The van der Waals surface area contributed by atoms with Crippen molar-refractivity contribution in [3.05, 3.63) is 23.8 Å². The third kappa shape index (κ3) is 5.78. The number of hydrogen-bond acceptors (Lipinski definition) is 1. The molecule has 0 aliphatic rings. The molecule has 0 aliphatic carbocycles. The molecule has 1 nitrogen and oxygen atoms in total. The van der Waals surface area contributed by atoms with E-state index in [0.717, 1.165) is 12.8 Å². The zero-order valence-electron chi connectivity index (χ0n) is 10.8. The fourth-order valence-electron chi connectivity index (χ4n) is 1.98. The van der Waals surface area contributed by atoms with Gasteiger partial charge in [0.05, 0.1) is 6.10 Å². The Morgan fingerprint density at radius 2 is 1.93 bits per heavy atom. The van der Waals surface area contributed by atoms with Gasteiger partial charge in [-0.05, 0) is 26.2 Å². The SMILES string of the molecule is CC=CC(C)=CC(C)C(O)C(C)CCC. The quantitative estimate of drug-likeness (QED) is 0.658. The highest BCUT2D eigenvalue weighted by molar-refractivity contribution is 5.16. The number of aliphatic hydroxyl groups is 1. The zero-order valence-corrected chi connectivity index (χ0v) is 10.8. The molecule has 0 saturated heterocycles. The van der Waals surface area contributed by atoms with Gasteiger partial charge in [-0.25, -0.2) is 0 Å². The van der Waals surface area contributed by atoms with E-state index < -0.39 is 0 Å². The molecule has 0 aromatic carbocycles. The summed E-state index contributed by atoms with van der Waals surface area (Å²) >= 11 is 0. The van der Waals surface area contributed by atoms with Crippen LogP contribution in [0.3, 0.4) is 0 Å². The molecule has 0 aliphatic heterocycles.